The zero-order valence-corrected chi connectivity index (χ0v) is 25.4. The Hall–Kier alpha value is -2.98. The van der Waals surface area contributed by atoms with Crippen molar-refractivity contribution in [1.29, 1.82) is 0 Å². The van der Waals surface area contributed by atoms with E-state index in [1.807, 2.05) is 18.2 Å². The van der Waals surface area contributed by atoms with Gasteiger partial charge in [-0.1, -0.05) is 37.5 Å². The first-order chi connectivity index (χ1) is 21.2. The first kappa shape index (κ1) is 30.1. The summed E-state index contributed by atoms with van der Waals surface area (Å²) in [5, 5.41) is 13.5. The van der Waals surface area contributed by atoms with Gasteiger partial charge in [-0.15, -0.1) is 0 Å². The lowest BCUT2D eigenvalue weighted by molar-refractivity contribution is 0.00728. The summed E-state index contributed by atoms with van der Waals surface area (Å²) in [6, 6.07) is 9.67. The molecule has 0 atom stereocenters. The van der Waals surface area contributed by atoms with Crippen molar-refractivity contribution in [3.05, 3.63) is 35.9 Å². The molecule has 5 aliphatic rings. The van der Waals surface area contributed by atoms with Crippen molar-refractivity contribution in [2.45, 2.75) is 70.3 Å². The summed E-state index contributed by atoms with van der Waals surface area (Å²) in [6.07, 6.45) is 13.5. The predicted octanol–water partition coefficient (Wildman–Crippen LogP) is 4.98. The average molecular weight is 592 g/mol. The highest BCUT2D eigenvalue weighted by Crippen LogP contribution is 2.54. The van der Waals surface area contributed by atoms with Gasteiger partial charge >= 0.3 is 0 Å². The number of carbonyl (C=O) groups excluding carboxylic acids is 1. The molecule has 5 aliphatic carbocycles. The van der Waals surface area contributed by atoms with E-state index >= 15 is 0 Å². The first-order valence-electron chi connectivity index (χ1n) is 16.7. The minimum atomic E-state index is -0.0893. The Morgan fingerprint density at radius 1 is 0.721 bits per heavy atom. The molecule has 1 amide bonds. The van der Waals surface area contributed by atoms with Crippen LogP contribution in [0.4, 0.5) is 17.8 Å². The third kappa shape index (κ3) is 8.56. The van der Waals surface area contributed by atoms with Crippen LogP contribution in [-0.2, 0) is 9.47 Å². The number of hydrogen-bond acceptors (Lipinski definition) is 9. The molecule has 234 valence electrons. The standard InChI is InChI=1S/C33H49N7O3/c41-30(26-9-5-2-6-10-26)34-11-13-42-15-16-43-14-12-35-31-38-32(36-22-23-7-3-1-4-8-23)40-33(39-31)37-29-27-18-24-17-25(20-27)21-28(29)19-24/h2,5-6,9-10,23-25,27-29H,1,3-4,7-8,11-22H2,(H,34,41)(H3,35,36,37,38,39,40). The lowest BCUT2D eigenvalue weighted by Gasteiger charge is -2.54. The van der Waals surface area contributed by atoms with E-state index in [1.165, 1.54) is 64.2 Å². The van der Waals surface area contributed by atoms with Crippen molar-refractivity contribution in [3.8, 4) is 0 Å². The summed E-state index contributed by atoms with van der Waals surface area (Å²) in [7, 11) is 0. The summed E-state index contributed by atoms with van der Waals surface area (Å²) in [5.41, 5.74) is 0.652. The van der Waals surface area contributed by atoms with E-state index in [0.717, 1.165) is 30.2 Å². The van der Waals surface area contributed by atoms with Crippen LogP contribution in [-0.4, -0.2) is 73.0 Å². The Balaban J connectivity index is 0.931. The smallest absolute Gasteiger partial charge is 0.251 e. The topological polar surface area (TPSA) is 122 Å². The molecule has 10 heteroatoms. The number of hydrogen-bond donors (Lipinski definition) is 4. The van der Waals surface area contributed by atoms with Crippen molar-refractivity contribution >= 4 is 23.8 Å². The molecule has 4 N–H and O–H groups in total. The molecule has 1 heterocycles. The Labute approximate surface area is 255 Å². The van der Waals surface area contributed by atoms with Crippen molar-refractivity contribution in [2.24, 2.45) is 29.6 Å². The number of ether oxygens (including phenoxy) is 2. The van der Waals surface area contributed by atoms with Gasteiger partial charge in [0.25, 0.3) is 5.91 Å². The van der Waals surface area contributed by atoms with Gasteiger partial charge in [-0.25, -0.2) is 0 Å². The van der Waals surface area contributed by atoms with Gasteiger partial charge < -0.3 is 30.7 Å². The number of aromatic nitrogens is 3. The highest BCUT2D eigenvalue weighted by molar-refractivity contribution is 5.94. The molecule has 0 aliphatic heterocycles. The predicted molar refractivity (Wildman–Crippen MR) is 168 cm³/mol. The molecule has 7 rings (SSSR count). The molecule has 0 spiro atoms. The number of nitrogens with zero attached hydrogens (tertiary/aromatic N) is 3. The van der Waals surface area contributed by atoms with Crippen LogP contribution in [0.25, 0.3) is 0 Å². The van der Waals surface area contributed by atoms with E-state index in [9.17, 15) is 4.79 Å². The molecule has 5 saturated carbocycles. The average Bonchev–Trinajstić information content (AvgIpc) is 3.03. The summed E-state index contributed by atoms with van der Waals surface area (Å²) in [5.74, 6) is 5.91. The molecule has 0 unspecified atom stereocenters. The van der Waals surface area contributed by atoms with Gasteiger partial charge in [0.1, 0.15) is 0 Å². The van der Waals surface area contributed by atoms with E-state index in [2.05, 4.69) is 21.3 Å². The SMILES string of the molecule is O=C(NCCOCCOCCNc1nc(NCC2CCCCC2)nc(NC2C3CC4CC(C3)CC2C4)n1)c1ccccc1. The van der Waals surface area contributed by atoms with Crippen LogP contribution in [0, 0.1) is 29.6 Å². The van der Waals surface area contributed by atoms with Crippen LogP contribution >= 0.6 is 0 Å². The maximum Gasteiger partial charge on any atom is 0.251 e. The molecule has 5 fully saturated rings. The number of amides is 1. The zero-order chi connectivity index (χ0) is 29.3. The maximum absolute atomic E-state index is 12.1. The quantitative estimate of drug-likeness (QED) is 0.200. The maximum atomic E-state index is 12.1. The van der Waals surface area contributed by atoms with Gasteiger partial charge in [-0.3, -0.25) is 4.79 Å². The van der Waals surface area contributed by atoms with Gasteiger partial charge in [-0.2, -0.15) is 15.0 Å². The van der Waals surface area contributed by atoms with Crippen LogP contribution in [0.1, 0.15) is 74.6 Å². The zero-order valence-electron chi connectivity index (χ0n) is 25.4. The van der Waals surface area contributed by atoms with Gasteiger partial charge in [0.05, 0.1) is 26.4 Å². The number of nitrogens with one attached hydrogen (secondary N) is 4. The molecule has 0 radical (unpaired) electrons. The van der Waals surface area contributed by atoms with Crippen molar-refractivity contribution in [3.63, 3.8) is 0 Å². The van der Waals surface area contributed by atoms with Crippen LogP contribution in [0.15, 0.2) is 30.3 Å². The Morgan fingerprint density at radius 2 is 1.35 bits per heavy atom. The molecular weight excluding hydrogens is 542 g/mol. The Morgan fingerprint density at radius 3 is 2.05 bits per heavy atom. The summed E-state index contributed by atoms with van der Waals surface area (Å²) >= 11 is 0. The fourth-order valence-electron chi connectivity index (χ4n) is 8.02. The van der Waals surface area contributed by atoms with Gasteiger partial charge in [0, 0.05) is 31.2 Å². The lowest BCUT2D eigenvalue weighted by Crippen LogP contribution is -2.51. The monoisotopic (exact) mass is 591 g/mol. The minimum absolute atomic E-state index is 0.0893. The lowest BCUT2D eigenvalue weighted by atomic mass is 9.54. The second kappa shape index (κ2) is 15.1. The second-order valence-corrected chi connectivity index (χ2v) is 13.1. The number of anilines is 3. The van der Waals surface area contributed by atoms with E-state index in [-0.39, 0.29) is 5.91 Å². The molecule has 1 aromatic heterocycles. The fraction of sp³-hybridized carbons (Fsp3) is 0.697. The van der Waals surface area contributed by atoms with Crippen LogP contribution in [0.3, 0.4) is 0 Å². The van der Waals surface area contributed by atoms with Crippen LogP contribution in [0.2, 0.25) is 0 Å². The third-order valence-electron chi connectivity index (χ3n) is 9.90. The Kier molecular flexibility index (Phi) is 10.6. The van der Waals surface area contributed by atoms with E-state index in [4.69, 9.17) is 24.4 Å². The first-order valence-corrected chi connectivity index (χ1v) is 16.7. The summed E-state index contributed by atoms with van der Waals surface area (Å²) < 4.78 is 11.3. The number of carbonyl (C=O) groups is 1. The molecule has 4 bridgehead atoms. The number of rotatable bonds is 16. The normalized spacial score (nSPS) is 26.3. The molecule has 10 nitrogen and oxygen atoms in total. The van der Waals surface area contributed by atoms with Crippen molar-refractivity contribution in [1.82, 2.24) is 20.3 Å². The van der Waals surface area contributed by atoms with Crippen molar-refractivity contribution < 1.29 is 14.3 Å². The van der Waals surface area contributed by atoms with Crippen LogP contribution < -0.4 is 21.3 Å². The van der Waals surface area contributed by atoms with Gasteiger partial charge in [0.2, 0.25) is 17.8 Å². The van der Waals surface area contributed by atoms with E-state index in [0.29, 0.717) is 74.9 Å². The van der Waals surface area contributed by atoms with Crippen molar-refractivity contribution in [2.75, 3.05) is 62.0 Å². The second-order valence-electron chi connectivity index (χ2n) is 13.1. The van der Waals surface area contributed by atoms with Gasteiger partial charge in [0.15, 0.2) is 0 Å². The van der Waals surface area contributed by atoms with Crippen LogP contribution in [0.5, 0.6) is 0 Å². The molecular formula is C33H49N7O3. The third-order valence-corrected chi connectivity index (χ3v) is 9.90. The minimum Gasteiger partial charge on any atom is -0.377 e. The Bertz CT molecular complexity index is 1130. The largest absolute Gasteiger partial charge is 0.377 e. The van der Waals surface area contributed by atoms with E-state index in [1.54, 1.807) is 12.1 Å². The molecule has 2 aromatic rings. The highest BCUT2D eigenvalue weighted by atomic mass is 16.5. The summed E-state index contributed by atoms with van der Waals surface area (Å²) in [6.45, 7) is 3.90. The number of benzene rings is 1. The summed E-state index contributed by atoms with van der Waals surface area (Å²) in [4.78, 5) is 26.4. The molecule has 1 aromatic carbocycles. The fourth-order valence-corrected chi connectivity index (χ4v) is 8.02. The van der Waals surface area contributed by atoms with E-state index < -0.39 is 0 Å². The highest BCUT2D eigenvalue weighted by Gasteiger charge is 2.48. The van der Waals surface area contributed by atoms with Gasteiger partial charge in [-0.05, 0) is 86.7 Å². The molecule has 43 heavy (non-hydrogen) atoms. The molecule has 0 saturated heterocycles.